The number of aromatic nitrogens is 1. The fourth-order valence-corrected chi connectivity index (χ4v) is 2.22. The zero-order valence-corrected chi connectivity index (χ0v) is 7.70. The molecule has 0 aromatic carbocycles. The Hall–Kier alpha value is -0.740. The molecule has 0 atom stereocenters. The second kappa shape index (κ2) is 2.95. The first-order valence-electron chi connectivity index (χ1n) is 4.03. The highest BCUT2D eigenvalue weighted by Crippen LogP contribution is 2.21. The number of thiazole rings is 1. The SMILES string of the molecule is CCc1nc2c(s1)C(=O)CNC2. The number of Topliss-reactive ketones (excluding diaryl/α,β-unsaturated/α-hetero) is 1. The maximum atomic E-state index is 11.3. The van der Waals surface area contributed by atoms with Crippen LogP contribution in [0.15, 0.2) is 0 Å². The summed E-state index contributed by atoms with van der Waals surface area (Å²) in [5, 5.41) is 4.09. The molecule has 0 aliphatic carbocycles. The van der Waals surface area contributed by atoms with Gasteiger partial charge in [0.25, 0.3) is 0 Å². The van der Waals surface area contributed by atoms with Gasteiger partial charge in [0.2, 0.25) is 0 Å². The van der Waals surface area contributed by atoms with Gasteiger partial charge < -0.3 is 5.32 Å². The van der Waals surface area contributed by atoms with E-state index in [1.165, 1.54) is 0 Å². The van der Waals surface area contributed by atoms with Gasteiger partial charge in [-0.1, -0.05) is 6.92 Å². The maximum Gasteiger partial charge on any atom is 0.188 e. The van der Waals surface area contributed by atoms with Crippen molar-refractivity contribution in [1.29, 1.82) is 0 Å². The molecule has 0 unspecified atom stereocenters. The summed E-state index contributed by atoms with van der Waals surface area (Å²) in [6, 6.07) is 0. The van der Waals surface area contributed by atoms with Crippen molar-refractivity contribution in [2.75, 3.05) is 6.54 Å². The van der Waals surface area contributed by atoms with E-state index in [1.54, 1.807) is 11.3 Å². The van der Waals surface area contributed by atoms with Crippen LogP contribution in [0.5, 0.6) is 0 Å². The molecule has 0 amide bonds. The van der Waals surface area contributed by atoms with Crippen molar-refractivity contribution in [3.63, 3.8) is 0 Å². The van der Waals surface area contributed by atoms with Gasteiger partial charge in [-0.2, -0.15) is 0 Å². The molecule has 0 fully saturated rings. The van der Waals surface area contributed by atoms with E-state index < -0.39 is 0 Å². The summed E-state index contributed by atoms with van der Waals surface area (Å²) in [6.07, 6.45) is 0.922. The molecule has 12 heavy (non-hydrogen) atoms. The van der Waals surface area contributed by atoms with Crippen LogP contribution in [0.2, 0.25) is 0 Å². The minimum Gasteiger partial charge on any atom is -0.304 e. The van der Waals surface area contributed by atoms with Crippen LogP contribution in [0.1, 0.15) is 27.3 Å². The molecule has 0 bridgehead atoms. The van der Waals surface area contributed by atoms with Gasteiger partial charge >= 0.3 is 0 Å². The lowest BCUT2D eigenvalue weighted by Crippen LogP contribution is -2.28. The van der Waals surface area contributed by atoms with Crippen molar-refractivity contribution in [3.05, 3.63) is 15.6 Å². The van der Waals surface area contributed by atoms with Crippen LogP contribution in [0.4, 0.5) is 0 Å². The largest absolute Gasteiger partial charge is 0.304 e. The van der Waals surface area contributed by atoms with E-state index in [0.29, 0.717) is 6.54 Å². The molecule has 0 spiro atoms. The zero-order chi connectivity index (χ0) is 8.55. The second-order valence-corrected chi connectivity index (χ2v) is 3.85. The molecule has 4 heteroatoms. The molecule has 1 aromatic rings. The monoisotopic (exact) mass is 182 g/mol. The summed E-state index contributed by atoms with van der Waals surface area (Å²) >= 11 is 1.54. The number of hydrogen-bond acceptors (Lipinski definition) is 4. The van der Waals surface area contributed by atoms with Crippen LogP contribution in [-0.2, 0) is 13.0 Å². The Kier molecular flexibility index (Phi) is 1.94. The third-order valence-electron chi connectivity index (χ3n) is 1.88. The zero-order valence-electron chi connectivity index (χ0n) is 6.89. The number of aryl methyl sites for hydroxylation is 1. The summed E-state index contributed by atoms with van der Waals surface area (Å²) < 4.78 is 0. The Morgan fingerprint density at radius 3 is 3.08 bits per heavy atom. The molecule has 1 aliphatic heterocycles. The average molecular weight is 182 g/mol. The van der Waals surface area contributed by atoms with E-state index in [0.717, 1.165) is 28.5 Å². The molecule has 64 valence electrons. The highest BCUT2D eigenvalue weighted by atomic mass is 32.1. The van der Waals surface area contributed by atoms with Crippen molar-refractivity contribution in [2.45, 2.75) is 19.9 Å². The molecule has 1 N–H and O–H groups in total. The van der Waals surface area contributed by atoms with Crippen molar-refractivity contribution in [1.82, 2.24) is 10.3 Å². The van der Waals surface area contributed by atoms with E-state index in [4.69, 9.17) is 0 Å². The predicted molar refractivity (Wildman–Crippen MR) is 47.5 cm³/mol. The van der Waals surface area contributed by atoms with Crippen LogP contribution in [-0.4, -0.2) is 17.3 Å². The predicted octanol–water partition coefficient (Wildman–Crippen LogP) is 0.991. The first-order chi connectivity index (χ1) is 5.81. The van der Waals surface area contributed by atoms with Gasteiger partial charge in [-0.15, -0.1) is 11.3 Å². The number of hydrogen-bond donors (Lipinski definition) is 1. The highest BCUT2D eigenvalue weighted by molar-refractivity contribution is 7.13. The van der Waals surface area contributed by atoms with Crippen molar-refractivity contribution >= 4 is 17.1 Å². The average Bonchev–Trinajstić information content (AvgIpc) is 2.49. The van der Waals surface area contributed by atoms with Gasteiger partial charge in [0.15, 0.2) is 5.78 Å². The third-order valence-corrected chi connectivity index (χ3v) is 3.16. The first kappa shape index (κ1) is 7.89. The molecule has 2 rings (SSSR count). The number of nitrogens with zero attached hydrogens (tertiary/aromatic N) is 1. The summed E-state index contributed by atoms with van der Waals surface area (Å²) in [6.45, 7) is 3.28. The number of nitrogens with one attached hydrogen (secondary N) is 1. The van der Waals surface area contributed by atoms with E-state index >= 15 is 0 Å². The van der Waals surface area contributed by atoms with Crippen LogP contribution >= 0.6 is 11.3 Å². The van der Waals surface area contributed by atoms with Crippen molar-refractivity contribution < 1.29 is 4.79 Å². The van der Waals surface area contributed by atoms with E-state index in [-0.39, 0.29) is 5.78 Å². The van der Waals surface area contributed by atoms with Crippen LogP contribution in [0.25, 0.3) is 0 Å². The number of rotatable bonds is 1. The van der Waals surface area contributed by atoms with Crippen molar-refractivity contribution in [3.8, 4) is 0 Å². The summed E-state index contributed by atoms with van der Waals surface area (Å²) in [4.78, 5) is 16.5. The Morgan fingerprint density at radius 2 is 2.42 bits per heavy atom. The second-order valence-electron chi connectivity index (χ2n) is 2.76. The molecular weight excluding hydrogens is 172 g/mol. The van der Waals surface area contributed by atoms with Gasteiger partial charge in [0.05, 0.1) is 22.1 Å². The fraction of sp³-hybridized carbons (Fsp3) is 0.500. The minimum absolute atomic E-state index is 0.188. The molecule has 3 nitrogen and oxygen atoms in total. The molecular formula is C8H10N2OS. The molecule has 1 aliphatic rings. The number of ketones is 1. The van der Waals surface area contributed by atoms with Gasteiger partial charge in [-0.25, -0.2) is 4.98 Å². The summed E-state index contributed by atoms with van der Waals surface area (Å²) in [7, 11) is 0. The Balaban J connectivity index is 2.43. The molecule has 0 saturated carbocycles. The van der Waals surface area contributed by atoms with E-state index in [1.807, 2.05) is 0 Å². The van der Waals surface area contributed by atoms with Crippen LogP contribution in [0, 0.1) is 0 Å². The van der Waals surface area contributed by atoms with Gasteiger partial charge in [-0.3, -0.25) is 4.79 Å². The molecule has 0 saturated heterocycles. The lowest BCUT2D eigenvalue weighted by Gasteiger charge is -2.08. The van der Waals surface area contributed by atoms with E-state index in [9.17, 15) is 4.79 Å². The Bertz CT molecular complexity index is 319. The fourth-order valence-electron chi connectivity index (χ4n) is 1.26. The number of fused-ring (bicyclic) bond motifs is 1. The molecule has 0 radical (unpaired) electrons. The maximum absolute atomic E-state index is 11.3. The summed E-state index contributed by atoms with van der Waals surface area (Å²) in [5.74, 6) is 0.188. The quantitative estimate of drug-likeness (QED) is 0.704. The molecule has 1 aromatic heterocycles. The van der Waals surface area contributed by atoms with Gasteiger partial charge in [-0.05, 0) is 6.42 Å². The van der Waals surface area contributed by atoms with E-state index in [2.05, 4.69) is 17.2 Å². The lowest BCUT2D eigenvalue weighted by atomic mass is 10.2. The minimum atomic E-state index is 0.188. The van der Waals surface area contributed by atoms with Crippen LogP contribution < -0.4 is 5.32 Å². The normalized spacial score (nSPS) is 16.2. The topological polar surface area (TPSA) is 42.0 Å². The number of carbonyl (C=O) groups excluding carboxylic acids is 1. The lowest BCUT2D eigenvalue weighted by molar-refractivity contribution is 0.0986. The van der Waals surface area contributed by atoms with Crippen LogP contribution in [0.3, 0.4) is 0 Å². The van der Waals surface area contributed by atoms with Crippen molar-refractivity contribution in [2.24, 2.45) is 0 Å². The standard InChI is InChI=1S/C8H10N2OS/c1-2-7-10-5-3-9-4-6(11)8(5)12-7/h9H,2-4H2,1H3. The van der Waals surface area contributed by atoms with Gasteiger partial charge in [0, 0.05) is 6.54 Å². The Morgan fingerprint density at radius 1 is 1.58 bits per heavy atom. The third kappa shape index (κ3) is 1.17. The molecule has 2 heterocycles. The first-order valence-corrected chi connectivity index (χ1v) is 4.85. The highest BCUT2D eigenvalue weighted by Gasteiger charge is 2.20. The summed E-state index contributed by atoms with van der Waals surface area (Å²) in [5.41, 5.74) is 0.938. The van der Waals surface area contributed by atoms with Gasteiger partial charge in [0.1, 0.15) is 0 Å². The Labute approximate surface area is 74.8 Å². The smallest absolute Gasteiger partial charge is 0.188 e. The number of carbonyl (C=O) groups is 1.